The number of Topliss-reactive ketones (excluding diaryl/α,β-unsaturated/α-hetero) is 1. The topological polar surface area (TPSA) is 76.1 Å². The first-order chi connectivity index (χ1) is 15.8. The standard InChI is InChI=1S/C26H33NO5S/c1-6-12-32-20-9-8-19(15-18(20)5)23(28)21-22(25-17(4)10-14-33-25)27(26(30)24(21)29)11-7-13-31-16(2)3/h8-10,14-16,22,28H,6-7,11-13H2,1-5H3/b23-21-. The molecule has 1 aromatic carbocycles. The summed E-state index contributed by atoms with van der Waals surface area (Å²) in [6, 6.07) is 6.68. The number of hydrogen-bond acceptors (Lipinski definition) is 6. The van der Waals surface area contributed by atoms with Crippen molar-refractivity contribution in [2.75, 3.05) is 19.8 Å². The summed E-state index contributed by atoms with van der Waals surface area (Å²) in [5.74, 6) is -0.653. The van der Waals surface area contributed by atoms with Crippen LogP contribution in [0.3, 0.4) is 0 Å². The summed E-state index contributed by atoms with van der Waals surface area (Å²) in [5, 5.41) is 13.2. The first-order valence-electron chi connectivity index (χ1n) is 11.4. The van der Waals surface area contributed by atoms with Gasteiger partial charge in [0.2, 0.25) is 0 Å². The quantitative estimate of drug-likeness (QED) is 0.218. The fourth-order valence-electron chi connectivity index (χ4n) is 3.93. The Hall–Kier alpha value is -2.64. The zero-order chi connectivity index (χ0) is 24.1. The van der Waals surface area contributed by atoms with Gasteiger partial charge in [-0.05, 0) is 81.3 Å². The second-order valence-corrected chi connectivity index (χ2v) is 9.51. The van der Waals surface area contributed by atoms with Gasteiger partial charge < -0.3 is 19.5 Å². The highest BCUT2D eigenvalue weighted by atomic mass is 32.1. The molecular weight excluding hydrogens is 438 g/mol. The summed E-state index contributed by atoms with van der Waals surface area (Å²) in [4.78, 5) is 28.6. The lowest BCUT2D eigenvalue weighted by Gasteiger charge is -2.25. The lowest BCUT2D eigenvalue weighted by Crippen LogP contribution is -2.31. The molecule has 7 heteroatoms. The first kappa shape index (κ1) is 25.0. The van der Waals surface area contributed by atoms with E-state index in [0.29, 0.717) is 31.7 Å². The molecule has 1 N–H and O–H groups in total. The van der Waals surface area contributed by atoms with Gasteiger partial charge in [0.05, 0.1) is 24.3 Å². The van der Waals surface area contributed by atoms with Gasteiger partial charge in [-0.2, -0.15) is 0 Å². The van der Waals surface area contributed by atoms with Crippen LogP contribution in [0.5, 0.6) is 5.75 Å². The molecule has 0 saturated carbocycles. The molecule has 33 heavy (non-hydrogen) atoms. The second-order valence-electron chi connectivity index (χ2n) is 8.56. The lowest BCUT2D eigenvalue weighted by atomic mass is 9.97. The number of hydrogen-bond donors (Lipinski definition) is 1. The largest absolute Gasteiger partial charge is 0.507 e. The van der Waals surface area contributed by atoms with Gasteiger partial charge in [-0.25, -0.2) is 0 Å². The predicted molar refractivity (Wildman–Crippen MR) is 131 cm³/mol. The Balaban J connectivity index is 2.00. The maximum absolute atomic E-state index is 13.1. The molecule has 1 atom stereocenters. The average molecular weight is 472 g/mol. The van der Waals surface area contributed by atoms with Crippen molar-refractivity contribution >= 4 is 28.8 Å². The van der Waals surface area contributed by atoms with Crippen LogP contribution in [0.2, 0.25) is 0 Å². The minimum absolute atomic E-state index is 0.100. The number of rotatable bonds is 10. The number of aliphatic hydroxyl groups is 1. The van der Waals surface area contributed by atoms with Gasteiger partial charge in [0.1, 0.15) is 11.5 Å². The van der Waals surface area contributed by atoms with E-state index in [9.17, 15) is 14.7 Å². The van der Waals surface area contributed by atoms with Crippen LogP contribution in [0.25, 0.3) is 5.76 Å². The number of amides is 1. The number of likely N-dealkylation sites (tertiary alicyclic amines) is 1. The van der Waals surface area contributed by atoms with Crippen molar-refractivity contribution in [3.63, 3.8) is 0 Å². The molecule has 2 heterocycles. The van der Waals surface area contributed by atoms with Crippen molar-refractivity contribution in [1.82, 2.24) is 4.90 Å². The highest BCUT2D eigenvalue weighted by molar-refractivity contribution is 7.10. The van der Waals surface area contributed by atoms with Crippen molar-refractivity contribution in [3.05, 3.63) is 56.8 Å². The fraction of sp³-hybridized carbons (Fsp3) is 0.462. The normalized spacial score (nSPS) is 17.9. The van der Waals surface area contributed by atoms with Crippen LogP contribution in [0.15, 0.2) is 35.2 Å². The van der Waals surface area contributed by atoms with Crippen LogP contribution >= 0.6 is 11.3 Å². The lowest BCUT2D eigenvalue weighted by molar-refractivity contribution is -0.140. The molecule has 0 radical (unpaired) electrons. The van der Waals surface area contributed by atoms with Crippen molar-refractivity contribution in [2.45, 2.75) is 59.6 Å². The maximum atomic E-state index is 13.1. The van der Waals surface area contributed by atoms with Gasteiger partial charge in [-0.3, -0.25) is 9.59 Å². The molecule has 6 nitrogen and oxygen atoms in total. The summed E-state index contributed by atoms with van der Waals surface area (Å²) in [5.41, 5.74) is 2.48. The molecule has 1 saturated heterocycles. The molecule has 2 aromatic rings. The number of ketones is 1. The summed E-state index contributed by atoms with van der Waals surface area (Å²) in [7, 11) is 0. The summed E-state index contributed by atoms with van der Waals surface area (Å²) < 4.78 is 11.3. The smallest absolute Gasteiger partial charge is 0.295 e. The Bertz CT molecular complexity index is 1040. The van der Waals surface area contributed by atoms with Crippen LogP contribution in [-0.2, 0) is 14.3 Å². The molecule has 0 spiro atoms. The van der Waals surface area contributed by atoms with Gasteiger partial charge in [-0.1, -0.05) is 6.92 Å². The van der Waals surface area contributed by atoms with Crippen LogP contribution < -0.4 is 4.74 Å². The zero-order valence-electron chi connectivity index (χ0n) is 20.0. The maximum Gasteiger partial charge on any atom is 0.295 e. The van der Waals surface area contributed by atoms with E-state index in [0.717, 1.165) is 28.2 Å². The van der Waals surface area contributed by atoms with Crippen molar-refractivity contribution in [3.8, 4) is 5.75 Å². The monoisotopic (exact) mass is 471 g/mol. The number of ether oxygens (including phenoxy) is 2. The summed E-state index contributed by atoms with van der Waals surface area (Å²) >= 11 is 1.49. The molecule has 0 aliphatic carbocycles. The Morgan fingerprint density at radius 1 is 1.15 bits per heavy atom. The molecule has 1 aromatic heterocycles. The SMILES string of the molecule is CCCOc1ccc(/C(O)=C2/C(=O)C(=O)N(CCCOC(C)C)C2c2sccc2C)cc1C. The third kappa shape index (κ3) is 5.47. The number of carbonyl (C=O) groups is 2. The van der Waals surface area contributed by atoms with E-state index < -0.39 is 17.7 Å². The highest BCUT2D eigenvalue weighted by Gasteiger charge is 2.46. The van der Waals surface area contributed by atoms with E-state index in [1.807, 2.05) is 46.1 Å². The molecule has 1 aliphatic rings. The summed E-state index contributed by atoms with van der Waals surface area (Å²) in [6.45, 7) is 11.3. The number of aryl methyl sites for hydroxylation is 2. The Kier molecular flexibility index (Phi) is 8.32. The summed E-state index contributed by atoms with van der Waals surface area (Å²) in [6.07, 6.45) is 1.60. The Morgan fingerprint density at radius 3 is 2.52 bits per heavy atom. The minimum Gasteiger partial charge on any atom is -0.507 e. The molecule has 1 aliphatic heterocycles. The fourth-order valence-corrected chi connectivity index (χ4v) is 4.97. The number of nitrogens with zero attached hydrogens (tertiary/aromatic N) is 1. The Morgan fingerprint density at radius 2 is 1.91 bits per heavy atom. The number of aliphatic hydroxyl groups excluding tert-OH is 1. The molecule has 1 amide bonds. The Labute approximate surface area is 199 Å². The van der Waals surface area contributed by atoms with E-state index in [2.05, 4.69) is 0 Å². The van der Waals surface area contributed by atoms with Crippen LogP contribution in [0.4, 0.5) is 0 Å². The van der Waals surface area contributed by atoms with Crippen LogP contribution in [-0.4, -0.2) is 47.6 Å². The molecule has 3 rings (SSSR count). The number of carbonyl (C=O) groups excluding carboxylic acids is 2. The third-order valence-corrected chi connectivity index (χ3v) is 6.67. The average Bonchev–Trinajstić information content (AvgIpc) is 3.30. The van der Waals surface area contributed by atoms with Crippen molar-refractivity contribution < 1.29 is 24.2 Å². The minimum atomic E-state index is -0.654. The molecular formula is C26H33NO5S. The van der Waals surface area contributed by atoms with E-state index in [-0.39, 0.29) is 17.4 Å². The van der Waals surface area contributed by atoms with Gasteiger partial charge in [0.15, 0.2) is 0 Å². The first-order valence-corrected chi connectivity index (χ1v) is 12.3. The second kappa shape index (κ2) is 11.0. The van der Waals surface area contributed by atoms with Gasteiger partial charge in [-0.15, -0.1) is 11.3 Å². The molecule has 1 fully saturated rings. The molecule has 0 bridgehead atoms. The van der Waals surface area contributed by atoms with E-state index in [1.54, 1.807) is 23.1 Å². The van der Waals surface area contributed by atoms with Crippen molar-refractivity contribution in [1.29, 1.82) is 0 Å². The van der Waals surface area contributed by atoms with E-state index in [1.165, 1.54) is 11.3 Å². The highest BCUT2D eigenvalue weighted by Crippen LogP contribution is 2.42. The number of thiophene rings is 1. The van der Waals surface area contributed by atoms with E-state index in [4.69, 9.17) is 9.47 Å². The molecule has 178 valence electrons. The number of benzene rings is 1. The van der Waals surface area contributed by atoms with Crippen LogP contribution in [0.1, 0.15) is 61.2 Å². The third-order valence-electron chi connectivity index (χ3n) is 5.59. The van der Waals surface area contributed by atoms with Crippen molar-refractivity contribution in [2.24, 2.45) is 0 Å². The van der Waals surface area contributed by atoms with Gasteiger partial charge >= 0.3 is 0 Å². The predicted octanol–water partition coefficient (Wildman–Crippen LogP) is 5.39. The van der Waals surface area contributed by atoms with Gasteiger partial charge in [0.25, 0.3) is 11.7 Å². The van der Waals surface area contributed by atoms with E-state index >= 15 is 0 Å². The van der Waals surface area contributed by atoms with Gasteiger partial charge in [0, 0.05) is 23.6 Å². The van der Waals surface area contributed by atoms with Crippen LogP contribution in [0, 0.1) is 13.8 Å². The molecule has 1 unspecified atom stereocenters. The zero-order valence-corrected chi connectivity index (χ0v) is 20.8.